The zero-order chi connectivity index (χ0) is 16.4. The minimum absolute atomic E-state index is 0.0518. The van der Waals surface area contributed by atoms with Gasteiger partial charge in [0.15, 0.2) is 0 Å². The number of nitrogens with two attached hydrogens (primary N) is 1. The van der Waals surface area contributed by atoms with Crippen LogP contribution in [0.1, 0.15) is 37.1 Å². The van der Waals surface area contributed by atoms with Gasteiger partial charge in [0.1, 0.15) is 17.7 Å². The van der Waals surface area contributed by atoms with Crippen LogP contribution < -0.4 is 5.73 Å². The molecule has 0 aliphatic carbocycles. The van der Waals surface area contributed by atoms with Crippen LogP contribution in [0.5, 0.6) is 0 Å². The lowest BCUT2D eigenvalue weighted by Crippen LogP contribution is -2.53. The number of rotatable bonds is 3. The molecular weight excluding hydrogens is 358 g/mol. The number of carbonyl (C=O) groups excluding carboxylic acids is 1. The summed E-state index contributed by atoms with van der Waals surface area (Å²) in [4.78, 5) is 19.0. The third kappa shape index (κ3) is 3.30. The van der Waals surface area contributed by atoms with Crippen LogP contribution in [0.3, 0.4) is 0 Å². The Bertz CT molecular complexity index is 668. The first-order chi connectivity index (χ1) is 11.0. The molecule has 1 aromatic heterocycles. The Kier molecular flexibility index (Phi) is 4.50. The minimum atomic E-state index is -1.04. The molecule has 1 aromatic carbocycles. The van der Waals surface area contributed by atoms with Gasteiger partial charge in [0.2, 0.25) is 5.91 Å². The molecule has 2 unspecified atom stereocenters. The van der Waals surface area contributed by atoms with Crippen molar-refractivity contribution < 1.29 is 4.79 Å². The predicted molar refractivity (Wildman–Crippen MR) is 90.6 cm³/mol. The highest BCUT2D eigenvalue weighted by Gasteiger charge is 2.37. The van der Waals surface area contributed by atoms with E-state index in [0.29, 0.717) is 6.54 Å². The highest BCUT2D eigenvalue weighted by atomic mass is 79.9. The van der Waals surface area contributed by atoms with Gasteiger partial charge in [-0.05, 0) is 37.5 Å². The van der Waals surface area contributed by atoms with E-state index in [1.807, 2.05) is 29.2 Å². The fourth-order valence-electron chi connectivity index (χ4n) is 3.04. The van der Waals surface area contributed by atoms with Crippen LogP contribution >= 0.6 is 15.9 Å². The van der Waals surface area contributed by atoms with Gasteiger partial charge in [0, 0.05) is 23.5 Å². The van der Waals surface area contributed by atoms with Gasteiger partial charge in [-0.15, -0.1) is 0 Å². The van der Waals surface area contributed by atoms with E-state index < -0.39 is 5.54 Å². The average molecular weight is 378 g/mol. The smallest absolute Gasteiger partial charge is 0.246 e. The second kappa shape index (κ2) is 6.41. The molecular formula is C16H20BrN5O. The number of hydrogen-bond acceptors (Lipinski definition) is 4. The molecule has 0 spiro atoms. The second-order valence-electron chi connectivity index (χ2n) is 6.17. The van der Waals surface area contributed by atoms with Crippen molar-refractivity contribution >= 4 is 21.8 Å². The van der Waals surface area contributed by atoms with Crippen molar-refractivity contribution in [2.75, 3.05) is 13.1 Å². The third-order valence-electron chi connectivity index (χ3n) is 4.42. The first-order valence-electron chi connectivity index (χ1n) is 7.68. The molecule has 1 saturated heterocycles. The number of hydrogen-bond donors (Lipinski definition) is 2. The van der Waals surface area contributed by atoms with Gasteiger partial charge >= 0.3 is 0 Å². The molecule has 23 heavy (non-hydrogen) atoms. The highest BCUT2D eigenvalue weighted by Crippen LogP contribution is 2.28. The monoisotopic (exact) mass is 377 g/mol. The molecule has 2 aromatic rings. The zero-order valence-electron chi connectivity index (χ0n) is 13.0. The Morgan fingerprint density at radius 1 is 1.43 bits per heavy atom. The van der Waals surface area contributed by atoms with E-state index in [1.54, 1.807) is 6.92 Å². The van der Waals surface area contributed by atoms with Crippen LogP contribution in [-0.4, -0.2) is 39.1 Å². The van der Waals surface area contributed by atoms with E-state index >= 15 is 0 Å². The lowest BCUT2D eigenvalue weighted by atomic mass is 9.89. The summed E-state index contributed by atoms with van der Waals surface area (Å²) in [6.45, 7) is 3.13. The number of likely N-dealkylation sites (tertiary alicyclic amines) is 1. The second-order valence-corrected chi connectivity index (χ2v) is 7.09. The summed E-state index contributed by atoms with van der Waals surface area (Å²) >= 11 is 3.40. The van der Waals surface area contributed by atoms with Crippen molar-refractivity contribution in [1.82, 2.24) is 20.1 Å². The number of amides is 1. The molecule has 0 radical (unpaired) electrons. The van der Waals surface area contributed by atoms with Gasteiger partial charge in [0.05, 0.1) is 0 Å². The fourth-order valence-corrected chi connectivity index (χ4v) is 3.31. The number of nitrogens with one attached hydrogen (secondary N) is 1. The first-order valence-corrected chi connectivity index (χ1v) is 8.47. The van der Waals surface area contributed by atoms with Crippen LogP contribution in [0.15, 0.2) is 35.1 Å². The summed E-state index contributed by atoms with van der Waals surface area (Å²) in [7, 11) is 0. The summed E-state index contributed by atoms with van der Waals surface area (Å²) in [5.41, 5.74) is 6.16. The molecule has 0 bridgehead atoms. The van der Waals surface area contributed by atoms with Gasteiger partial charge in [-0.25, -0.2) is 4.98 Å². The number of halogens is 1. The number of H-pyrrole nitrogens is 1. The summed E-state index contributed by atoms with van der Waals surface area (Å²) in [5.74, 6) is 0.977. The van der Waals surface area contributed by atoms with Crippen LogP contribution in [-0.2, 0) is 10.3 Å². The van der Waals surface area contributed by atoms with Gasteiger partial charge in [-0.3, -0.25) is 9.89 Å². The number of benzene rings is 1. The van der Waals surface area contributed by atoms with Crippen molar-refractivity contribution in [3.05, 3.63) is 46.5 Å². The van der Waals surface area contributed by atoms with Gasteiger partial charge in [-0.1, -0.05) is 28.1 Å². The summed E-state index contributed by atoms with van der Waals surface area (Å²) in [6.07, 6.45) is 3.44. The molecule has 1 aliphatic rings. The predicted octanol–water partition coefficient (Wildman–Crippen LogP) is 2.15. The molecule has 7 heteroatoms. The summed E-state index contributed by atoms with van der Waals surface area (Å²) < 4.78 is 0.966. The Morgan fingerprint density at radius 2 is 2.17 bits per heavy atom. The number of aromatic nitrogens is 3. The van der Waals surface area contributed by atoms with Crippen molar-refractivity contribution in [3.63, 3.8) is 0 Å². The fraction of sp³-hybridized carbons (Fsp3) is 0.438. The average Bonchev–Trinajstić information content (AvgIpc) is 3.09. The Morgan fingerprint density at radius 3 is 2.83 bits per heavy atom. The SMILES string of the molecule is CC(N)(C(=O)N1CCCC(c2ncn[nH]2)C1)c1ccc(Br)cc1. The van der Waals surface area contributed by atoms with Crippen molar-refractivity contribution in [2.24, 2.45) is 5.73 Å². The van der Waals surface area contributed by atoms with Gasteiger partial charge < -0.3 is 10.6 Å². The molecule has 6 nitrogen and oxygen atoms in total. The van der Waals surface area contributed by atoms with Crippen molar-refractivity contribution in [3.8, 4) is 0 Å². The lowest BCUT2D eigenvalue weighted by Gasteiger charge is -2.37. The minimum Gasteiger partial charge on any atom is -0.340 e. The van der Waals surface area contributed by atoms with Gasteiger partial charge in [-0.2, -0.15) is 5.10 Å². The maximum absolute atomic E-state index is 13.0. The maximum Gasteiger partial charge on any atom is 0.246 e. The first kappa shape index (κ1) is 16.1. The molecule has 2 atom stereocenters. The number of nitrogens with zero attached hydrogens (tertiary/aromatic N) is 3. The highest BCUT2D eigenvalue weighted by molar-refractivity contribution is 9.10. The molecule has 1 fully saturated rings. The lowest BCUT2D eigenvalue weighted by molar-refractivity contribution is -0.138. The van der Waals surface area contributed by atoms with E-state index in [0.717, 1.165) is 35.2 Å². The van der Waals surface area contributed by atoms with E-state index in [2.05, 4.69) is 31.1 Å². The summed E-state index contributed by atoms with van der Waals surface area (Å²) in [6, 6.07) is 7.59. The quantitative estimate of drug-likeness (QED) is 0.857. The van der Waals surface area contributed by atoms with Crippen molar-refractivity contribution in [2.45, 2.75) is 31.2 Å². The molecule has 1 aliphatic heterocycles. The Balaban J connectivity index is 1.77. The van der Waals surface area contributed by atoms with Crippen LogP contribution in [0.4, 0.5) is 0 Å². The molecule has 3 rings (SSSR count). The van der Waals surface area contributed by atoms with Crippen LogP contribution in [0.2, 0.25) is 0 Å². The number of piperidine rings is 1. The van der Waals surface area contributed by atoms with E-state index in [4.69, 9.17) is 5.73 Å². The molecule has 3 N–H and O–H groups in total. The van der Waals surface area contributed by atoms with E-state index in [1.165, 1.54) is 6.33 Å². The molecule has 2 heterocycles. The standard InChI is InChI=1S/C16H20BrN5O/c1-16(18,12-4-6-13(17)7-5-12)15(23)22-8-2-3-11(9-22)14-19-10-20-21-14/h4-7,10-11H,2-3,8-9,18H2,1H3,(H,19,20,21). The zero-order valence-corrected chi connectivity index (χ0v) is 14.6. The Hall–Kier alpha value is -1.73. The van der Waals surface area contributed by atoms with Crippen LogP contribution in [0, 0.1) is 0 Å². The third-order valence-corrected chi connectivity index (χ3v) is 4.95. The van der Waals surface area contributed by atoms with Crippen LogP contribution in [0.25, 0.3) is 0 Å². The van der Waals surface area contributed by atoms with E-state index in [-0.39, 0.29) is 11.8 Å². The number of carbonyl (C=O) groups is 1. The molecule has 1 amide bonds. The molecule has 0 saturated carbocycles. The number of aromatic amines is 1. The topological polar surface area (TPSA) is 87.9 Å². The Labute approximate surface area is 143 Å². The summed E-state index contributed by atoms with van der Waals surface area (Å²) in [5, 5.41) is 6.81. The van der Waals surface area contributed by atoms with Gasteiger partial charge in [0.25, 0.3) is 0 Å². The van der Waals surface area contributed by atoms with E-state index in [9.17, 15) is 4.79 Å². The van der Waals surface area contributed by atoms with Crippen molar-refractivity contribution in [1.29, 1.82) is 0 Å². The molecule has 122 valence electrons. The maximum atomic E-state index is 13.0. The normalized spacial score (nSPS) is 21.0. The largest absolute Gasteiger partial charge is 0.340 e.